The summed E-state index contributed by atoms with van der Waals surface area (Å²) in [4.78, 5) is 13.4. The van der Waals surface area contributed by atoms with Crippen molar-refractivity contribution < 1.29 is 23.7 Å². The van der Waals surface area contributed by atoms with E-state index in [9.17, 15) is 4.79 Å². The van der Waals surface area contributed by atoms with Crippen molar-refractivity contribution in [3.8, 4) is 23.0 Å². The van der Waals surface area contributed by atoms with Crippen LogP contribution in [0.3, 0.4) is 0 Å². The Morgan fingerprint density at radius 2 is 1.21 bits per heavy atom. The Morgan fingerprint density at radius 1 is 0.724 bits per heavy atom. The number of nitrogens with one attached hydrogen (secondary N) is 1. The summed E-state index contributed by atoms with van der Waals surface area (Å²) >= 11 is 0. The summed E-state index contributed by atoms with van der Waals surface area (Å²) in [6, 6.07) is 11.7. The number of benzene rings is 2. The summed E-state index contributed by atoms with van der Waals surface area (Å²) in [6.07, 6.45) is 5.84. The molecule has 0 amide bonds. The lowest BCUT2D eigenvalue weighted by Crippen LogP contribution is -2.42. The Labute approximate surface area is 167 Å². The first-order valence-electron chi connectivity index (χ1n) is 9.78. The molecular formula is C23H19NO5. The predicted molar refractivity (Wildman–Crippen MR) is 106 cm³/mol. The molecule has 0 aromatic heterocycles. The van der Waals surface area contributed by atoms with Crippen LogP contribution in [0.25, 0.3) is 12.2 Å². The van der Waals surface area contributed by atoms with Crippen molar-refractivity contribution in [2.24, 2.45) is 0 Å². The molecule has 29 heavy (non-hydrogen) atoms. The Hall–Kier alpha value is -3.25. The normalized spacial score (nSPS) is 26.6. The second-order valence-corrected chi connectivity index (χ2v) is 7.60. The number of ether oxygens (including phenoxy) is 4. The molecule has 2 atom stereocenters. The fourth-order valence-electron chi connectivity index (χ4n) is 4.41. The monoisotopic (exact) mass is 389 g/mol. The van der Waals surface area contributed by atoms with E-state index in [2.05, 4.69) is 5.32 Å². The first-order chi connectivity index (χ1) is 14.2. The number of hydrogen-bond donors (Lipinski definition) is 1. The second kappa shape index (κ2) is 6.39. The molecule has 2 fully saturated rings. The zero-order valence-corrected chi connectivity index (χ0v) is 15.6. The van der Waals surface area contributed by atoms with Gasteiger partial charge in [-0.1, -0.05) is 12.1 Å². The third kappa shape index (κ3) is 2.79. The molecule has 6 rings (SSSR count). The standard InChI is InChI=1S/C23H19NO5/c25-23-15(7-13-1-5-19-21(9-13)28-11-26-19)17-3-4-18(24-17)16(23)8-14-2-6-20-22(10-14)29-12-27-20/h1-2,5-10,17-18,24H,3-4,11-12H2/b15-7+,16-8+. The van der Waals surface area contributed by atoms with Gasteiger partial charge in [0.2, 0.25) is 13.6 Å². The van der Waals surface area contributed by atoms with Crippen LogP contribution in [0.15, 0.2) is 47.5 Å². The summed E-state index contributed by atoms with van der Waals surface area (Å²) in [5, 5.41) is 3.60. The van der Waals surface area contributed by atoms with Crippen LogP contribution in [0.2, 0.25) is 0 Å². The van der Waals surface area contributed by atoms with Gasteiger partial charge in [-0.05, 0) is 60.4 Å². The van der Waals surface area contributed by atoms with Crippen LogP contribution < -0.4 is 24.3 Å². The summed E-state index contributed by atoms with van der Waals surface area (Å²) in [5.41, 5.74) is 3.47. The van der Waals surface area contributed by atoms with Crippen LogP contribution in [-0.4, -0.2) is 31.5 Å². The van der Waals surface area contributed by atoms with Gasteiger partial charge in [0.05, 0.1) is 0 Å². The van der Waals surface area contributed by atoms with E-state index in [0.717, 1.165) is 58.1 Å². The van der Waals surface area contributed by atoms with E-state index in [0.29, 0.717) is 0 Å². The predicted octanol–water partition coefficient (Wildman–Crippen LogP) is 3.31. The Bertz CT molecular complexity index is 1000. The Kier molecular flexibility index (Phi) is 3.67. The first-order valence-corrected chi connectivity index (χ1v) is 9.78. The molecule has 4 aliphatic heterocycles. The average Bonchev–Trinajstić information content (AvgIpc) is 3.47. The molecule has 6 heteroatoms. The van der Waals surface area contributed by atoms with Crippen molar-refractivity contribution in [1.82, 2.24) is 5.32 Å². The SMILES string of the molecule is O=C1/C(=C/c2ccc3c(c2)OCO3)C2CCC(N2)/C1=C\c1ccc2c(c1)OCO2. The third-order valence-corrected chi connectivity index (χ3v) is 5.86. The number of fused-ring (bicyclic) bond motifs is 4. The molecule has 2 unspecified atom stereocenters. The minimum absolute atomic E-state index is 0.0897. The van der Waals surface area contributed by atoms with Gasteiger partial charge in [-0.25, -0.2) is 0 Å². The van der Waals surface area contributed by atoms with Gasteiger partial charge in [-0.3, -0.25) is 4.79 Å². The van der Waals surface area contributed by atoms with Crippen LogP contribution in [-0.2, 0) is 4.79 Å². The maximum atomic E-state index is 13.4. The molecule has 6 nitrogen and oxygen atoms in total. The first kappa shape index (κ1) is 16.7. The highest BCUT2D eigenvalue weighted by Crippen LogP contribution is 2.38. The molecule has 0 radical (unpaired) electrons. The number of ketones is 1. The van der Waals surface area contributed by atoms with Gasteiger partial charge < -0.3 is 24.3 Å². The molecule has 2 bridgehead atoms. The second-order valence-electron chi connectivity index (χ2n) is 7.60. The molecule has 2 saturated heterocycles. The molecule has 1 N–H and O–H groups in total. The topological polar surface area (TPSA) is 66.0 Å². The largest absolute Gasteiger partial charge is 0.454 e. The van der Waals surface area contributed by atoms with E-state index in [-0.39, 0.29) is 31.5 Å². The summed E-state index contributed by atoms with van der Waals surface area (Å²) in [7, 11) is 0. The van der Waals surface area contributed by atoms with E-state index >= 15 is 0 Å². The van der Waals surface area contributed by atoms with Crippen LogP contribution >= 0.6 is 0 Å². The van der Waals surface area contributed by atoms with Gasteiger partial charge in [-0.15, -0.1) is 0 Å². The minimum Gasteiger partial charge on any atom is -0.454 e. The van der Waals surface area contributed by atoms with Crippen molar-refractivity contribution in [1.29, 1.82) is 0 Å². The minimum atomic E-state index is 0.0897. The van der Waals surface area contributed by atoms with Crippen molar-refractivity contribution >= 4 is 17.9 Å². The summed E-state index contributed by atoms with van der Waals surface area (Å²) in [5.74, 6) is 3.02. The molecule has 4 aliphatic rings. The summed E-state index contributed by atoms with van der Waals surface area (Å²) < 4.78 is 21.7. The lowest BCUT2D eigenvalue weighted by Gasteiger charge is -2.26. The number of carbonyl (C=O) groups is 1. The van der Waals surface area contributed by atoms with Gasteiger partial charge in [0.25, 0.3) is 0 Å². The lowest BCUT2D eigenvalue weighted by atomic mass is 9.90. The Balaban J connectivity index is 1.36. The fraction of sp³-hybridized carbons (Fsp3) is 0.261. The highest BCUT2D eigenvalue weighted by atomic mass is 16.7. The third-order valence-electron chi connectivity index (χ3n) is 5.86. The van der Waals surface area contributed by atoms with E-state index in [1.54, 1.807) is 0 Å². The van der Waals surface area contributed by atoms with E-state index in [1.807, 2.05) is 48.6 Å². The molecule has 0 spiro atoms. The van der Waals surface area contributed by atoms with Gasteiger partial charge in [-0.2, -0.15) is 0 Å². The number of hydrogen-bond acceptors (Lipinski definition) is 6. The highest BCUT2D eigenvalue weighted by molar-refractivity contribution is 6.16. The number of carbonyl (C=O) groups excluding carboxylic acids is 1. The smallest absolute Gasteiger partial charge is 0.231 e. The average molecular weight is 389 g/mol. The quantitative estimate of drug-likeness (QED) is 0.795. The maximum Gasteiger partial charge on any atom is 0.231 e. The van der Waals surface area contributed by atoms with Crippen molar-refractivity contribution in [2.75, 3.05) is 13.6 Å². The molecule has 4 heterocycles. The van der Waals surface area contributed by atoms with Crippen LogP contribution in [0.4, 0.5) is 0 Å². The number of rotatable bonds is 2. The van der Waals surface area contributed by atoms with Crippen LogP contribution in [0.5, 0.6) is 23.0 Å². The van der Waals surface area contributed by atoms with Crippen molar-refractivity contribution in [3.63, 3.8) is 0 Å². The highest BCUT2D eigenvalue weighted by Gasteiger charge is 2.40. The summed E-state index contributed by atoms with van der Waals surface area (Å²) in [6.45, 7) is 0.477. The lowest BCUT2D eigenvalue weighted by molar-refractivity contribution is -0.113. The van der Waals surface area contributed by atoms with Crippen molar-refractivity contribution in [2.45, 2.75) is 24.9 Å². The van der Waals surface area contributed by atoms with Crippen molar-refractivity contribution in [3.05, 3.63) is 58.7 Å². The maximum absolute atomic E-state index is 13.4. The zero-order valence-electron chi connectivity index (χ0n) is 15.6. The molecule has 2 aromatic carbocycles. The molecule has 146 valence electrons. The molecule has 2 aromatic rings. The molecule has 0 aliphatic carbocycles. The number of Topliss-reactive ketones (excluding diaryl/α,β-unsaturated/α-hetero) is 1. The van der Waals surface area contributed by atoms with Gasteiger partial charge in [0.15, 0.2) is 28.8 Å². The van der Waals surface area contributed by atoms with Gasteiger partial charge >= 0.3 is 0 Å². The van der Waals surface area contributed by atoms with Gasteiger partial charge in [0.1, 0.15) is 0 Å². The fourth-order valence-corrected chi connectivity index (χ4v) is 4.41. The zero-order chi connectivity index (χ0) is 19.4. The van der Waals surface area contributed by atoms with Crippen LogP contribution in [0, 0.1) is 0 Å². The van der Waals surface area contributed by atoms with E-state index in [1.165, 1.54) is 0 Å². The molecular weight excluding hydrogens is 370 g/mol. The van der Waals surface area contributed by atoms with E-state index < -0.39 is 0 Å². The van der Waals surface area contributed by atoms with E-state index in [4.69, 9.17) is 18.9 Å². The Morgan fingerprint density at radius 3 is 1.72 bits per heavy atom. The van der Waals surface area contributed by atoms with Gasteiger partial charge in [0, 0.05) is 23.2 Å². The van der Waals surface area contributed by atoms with Crippen LogP contribution in [0.1, 0.15) is 24.0 Å². The number of piperidine rings is 1. The molecule has 0 saturated carbocycles.